The molecule has 0 saturated heterocycles. The highest BCUT2D eigenvalue weighted by atomic mass is 16.6. The number of rotatable bonds is 7. The molecule has 1 amide bonds. The zero-order valence-corrected chi connectivity index (χ0v) is 15.4. The first-order valence-electron chi connectivity index (χ1n) is 8.93. The summed E-state index contributed by atoms with van der Waals surface area (Å²) in [6.45, 7) is 2.65. The minimum Gasteiger partial charge on any atom is -0.486 e. The molecule has 1 atom stereocenters. The second-order valence-electron chi connectivity index (χ2n) is 6.09. The summed E-state index contributed by atoms with van der Waals surface area (Å²) in [6.07, 6.45) is -1.01. The smallest absolute Gasteiger partial charge is 0.341 e. The number of nitrogens with one attached hydrogen (secondary N) is 2. The number of esters is 1. The van der Waals surface area contributed by atoms with Crippen LogP contribution in [0.1, 0.15) is 17.3 Å². The molecule has 0 saturated carbocycles. The largest absolute Gasteiger partial charge is 0.486 e. The molecule has 148 valence electrons. The van der Waals surface area contributed by atoms with E-state index < -0.39 is 18.0 Å². The highest BCUT2D eigenvalue weighted by Gasteiger charge is 2.21. The molecule has 2 aromatic carbocycles. The molecule has 3 rings (SSSR count). The van der Waals surface area contributed by atoms with Gasteiger partial charge in [0, 0.05) is 24.0 Å². The van der Waals surface area contributed by atoms with Crippen LogP contribution in [0, 0.1) is 0 Å². The molecule has 1 aliphatic heterocycles. The maximum Gasteiger partial charge on any atom is 0.341 e. The molecule has 0 aliphatic carbocycles. The number of para-hydroxylation sites is 1. The summed E-state index contributed by atoms with van der Waals surface area (Å²) < 4.78 is 16.2. The molecule has 28 heavy (non-hydrogen) atoms. The monoisotopic (exact) mass is 386 g/mol. The van der Waals surface area contributed by atoms with E-state index in [1.54, 1.807) is 42.5 Å². The van der Waals surface area contributed by atoms with Crippen molar-refractivity contribution in [3.63, 3.8) is 0 Å². The van der Waals surface area contributed by atoms with Gasteiger partial charge < -0.3 is 30.0 Å². The summed E-state index contributed by atoms with van der Waals surface area (Å²) in [4.78, 5) is 24.8. The van der Waals surface area contributed by atoms with Gasteiger partial charge in [-0.2, -0.15) is 0 Å². The lowest BCUT2D eigenvalue weighted by atomic mass is 10.1. The van der Waals surface area contributed by atoms with Crippen LogP contribution in [0.5, 0.6) is 11.5 Å². The van der Waals surface area contributed by atoms with Gasteiger partial charge >= 0.3 is 5.97 Å². The number of aliphatic hydroxyl groups is 1. The standard InChI is InChI=1S/C20H22N2O6/c1-13(28-20(25)15-4-2-3-5-16(15)21-8-9-23)19(24)22-14-6-7-17-18(12-14)27-11-10-26-17/h2-7,12-13,21,23H,8-11H2,1H3,(H,22,24)/t13-/m0/s1. The van der Waals surface area contributed by atoms with E-state index in [1.165, 1.54) is 6.92 Å². The van der Waals surface area contributed by atoms with E-state index >= 15 is 0 Å². The van der Waals surface area contributed by atoms with Crippen molar-refractivity contribution >= 4 is 23.3 Å². The van der Waals surface area contributed by atoms with Crippen LogP contribution in [0.15, 0.2) is 42.5 Å². The Morgan fingerprint density at radius 3 is 2.68 bits per heavy atom. The normalized spacial score (nSPS) is 13.4. The van der Waals surface area contributed by atoms with E-state index in [1.807, 2.05) is 0 Å². The van der Waals surface area contributed by atoms with Crippen LogP contribution in [0.2, 0.25) is 0 Å². The molecule has 0 spiro atoms. The van der Waals surface area contributed by atoms with Gasteiger partial charge in [-0.15, -0.1) is 0 Å². The van der Waals surface area contributed by atoms with Crippen molar-refractivity contribution < 1.29 is 28.9 Å². The molecular weight excluding hydrogens is 364 g/mol. The van der Waals surface area contributed by atoms with Crippen LogP contribution in [0.4, 0.5) is 11.4 Å². The molecule has 0 radical (unpaired) electrons. The van der Waals surface area contributed by atoms with Crippen molar-refractivity contribution in [2.24, 2.45) is 0 Å². The molecule has 0 unspecified atom stereocenters. The summed E-state index contributed by atoms with van der Waals surface area (Å²) in [5.41, 5.74) is 1.33. The number of anilines is 2. The van der Waals surface area contributed by atoms with E-state index in [2.05, 4.69) is 10.6 Å². The second-order valence-corrected chi connectivity index (χ2v) is 6.09. The lowest BCUT2D eigenvalue weighted by molar-refractivity contribution is -0.123. The maximum atomic E-state index is 12.4. The van der Waals surface area contributed by atoms with Crippen LogP contribution in [0.3, 0.4) is 0 Å². The Bertz CT molecular complexity index is 854. The summed E-state index contributed by atoms with van der Waals surface area (Å²) in [5.74, 6) is 0.0741. The molecule has 8 heteroatoms. The zero-order valence-electron chi connectivity index (χ0n) is 15.4. The number of aliphatic hydroxyl groups excluding tert-OH is 1. The number of carbonyl (C=O) groups is 2. The third kappa shape index (κ3) is 4.72. The third-order valence-electron chi connectivity index (χ3n) is 4.04. The van der Waals surface area contributed by atoms with Crippen molar-refractivity contribution in [1.82, 2.24) is 0 Å². The van der Waals surface area contributed by atoms with E-state index in [-0.39, 0.29) is 12.2 Å². The molecule has 1 heterocycles. The fourth-order valence-corrected chi connectivity index (χ4v) is 2.65. The van der Waals surface area contributed by atoms with Gasteiger partial charge in [-0.25, -0.2) is 4.79 Å². The van der Waals surface area contributed by atoms with Crippen LogP contribution < -0.4 is 20.1 Å². The molecular formula is C20H22N2O6. The van der Waals surface area contributed by atoms with Gasteiger partial charge in [0.15, 0.2) is 17.6 Å². The molecule has 0 aromatic heterocycles. The topological polar surface area (TPSA) is 106 Å². The Hall–Kier alpha value is -3.26. The van der Waals surface area contributed by atoms with E-state index in [0.29, 0.717) is 42.6 Å². The lowest BCUT2D eigenvalue weighted by Gasteiger charge is -2.19. The number of benzene rings is 2. The van der Waals surface area contributed by atoms with Crippen molar-refractivity contribution in [1.29, 1.82) is 0 Å². The Morgan fingerprint density at radius 1 is 1.14 bits per heavy atom. The minimum absolute atomic E-state index is 0.0717. The first-order valence-corrected chi connectivity index (χ1v) is 8.93. The maximum absolute atomic E-state index is 12.4. The molecule has 1 aliphatic rings. The van der Waals surface area contributed by atoms with Gasteiger partial charge in [0.25, 0.3) is 5.91 Å². The minimum atomic E-state index is -1.01. The number of hydrogen-bond donors (Lipinski definition) is 3. The number of carbonyl (C=O) groups excluding carboxylic acids is 2. The number of fused-ring (bicyclic) bond motifs is 1. The van der Waals surface area contributed by atoms with Gasteiger partial charge in [-0.3, -0.25) is 4.79 Å². The van der Waals surface area contributed by atoms with E-state index in [9.17, 15) is 9.59 Å². The van der Waals surface area contributed by atoms with Gasteiger partial charge in [-0.05, 0) is 31.2 Å². The van der Waals surface area contributed by atoms with Crippen molar-refractivity contribution in [3.8, 4) is 11.5 Å². The van der Waals surface area contributed by atoms with Crippen LogP contribution >= 0.6 is 0 Å². The highest BCUT2D eigenvalue weighted by Crippen LogP contribution is 2.32. The predicted molar refractivity (Wildman–Crippen MR) is 103 cm³/mol. The Labute approximate surface area is 162 Å². The van der Waals surface area contributed by atoms with Gasteiger partial charge in [0.2, 0.25) is 0 Å². The second kappa shape index (κ2) is 9.09. The van der Waals surface area contributed by atoms with Gasteiger partial charge in [0.05, 0.1) is 12.2 Å². The first kappa shape index (κ1) is 19.5. The van der Waals surface area contributed by atoms with Crippen molar-refractivity contribution in [3.05, 3.63) is 48.0 Å². The SMILES string of the molecule is C[C@H](OC(=O)c1ccccc1NCCO)C(=O)Nc1ccc2c(c1)OCCO2. The summed E-state index contributed by atoms with van der Waals surface area (Å²) >= 11 is 0. The molecule has 0 fully saturated rings. The lowest BCUT2D eigenvalue weighted by Crippen LogP contribution is -2.30. The molecule has 0 bridgehead atoms. The average Bonchev–Trinajstić information content (AvgIpc) is 2.72. The molecule has 2 aromatic rings. The summed E-state index contributed by atoms with van der Waals surface area (Å²) in [7, 11) is 0. The molecule has 3 N–H and O–H groups in total. The zero-order chi connectivity index (χ0) is 19.9. The highest BCUT2D eigenvalue weighted by molar-refractivity contribution is 5.99. The number of ether oxygens (including phenoxy) is 3. The average molecular weight is 386 g/mol. The van der Waals surface area contributed by atoms with Gasteiger partial charge in [0.1, 0.15) is 13.2 Å². The quantitative estimate of drug-likeness (QED) is 0.625. The fourth-order valence-electron chi connectivity index (χ4n) is 2.65. The van der Waals surface area contributed by atoms with Crippen molar-refractivity contribution in [2.45, 2.75) is 13.0 Å². The van der Waals surface area contributed by atoms with Crippen LogP contribution in [-0.2, 0) is 9.53 Å². The fraction of sp³-hybridized carbons (Fsp3) is 0.300. The third-order valence-corrected chi connectivity index (χ3v) is 4.04. The Morgan fingerprint density at radius 2 is 1.89 bits per heavy atom. The first-order chi connectivity index (χ1) is 13.6. The van der Waals surface area contributed by atoms with Crippen LogP contribution in [0.25, 0.3) is 0 Å². The summed E-state index contributed by atoms with van der Waals surface area (Å²) in [6, 6.07) is 11.8. The molecule has 8 nitrogen and oxygen atoms in total. The van der Waals surface area contributed by atoms with Gasteiger partial charge in [-0.1, -0.05) is 12.1 Å². The Kier molecular flexibility index (Phi) is 6.33. The number of amides is 1. The predicted octanol–water partition coefficient (Wildman–Crippen LogP) is 2.05. The van der Waals surface area contributed by atoms with Crippen LogP contribution in [-0.4, -0.2) is 49.5 Å². The summed E-state index contributed by atoms with van der Waals surface area (Å²) in [5, 5.41) is 14.6. The number of hydrogen-bond acceptors (Lipinski definition) is 7. The Balaban J connectivity index is 1.62. The van der Waals surface area contributed by atoms with E-state index in [4.69, 9.17) is 19.3 Å². The van der Waals surface area contributed by atoms with Crippen molar-refractivity contribution in [2.75, 3.05) is 37.0 Å². The van der Waals surface area contributed by atoms with E-state index in [0.717, 1.165) is 0 Å².